The number of aliphatic hydroxyl groups is 1. The lowest BCUT2D eigenvalue weighted by atomic mass is 9.88. The second-order valence-electron chi connectivity index (χ2n) is 6.52. The van der Waals surface area contributed by atoms with Crippen LogP contribution < -0.4 is 4.90 Å². The number of hydrogen-bond acceptors (Lipinski definition) is 5. The molecular weight excluding hydrogens is 336 g/mol. The number of nitro benzene ring substituents is 1. The summed E-state index contributed by atoms with van der Waals surface area (Å²) in [4.78, 5) is 37.6. The Morgan fingerprint density at radius 2 is 1.81 bits per heavy atom. The third-order valence-electron chi connectivity index (χ3n) is 4.52. The number of nitrogens with zero attached hydrogens (tertiary/aromatic N) is 2. The second kappa shape index (κ2) is 6.34. The molecule has 7 heteroatoms. The summed E-state index contributed by atoms with van der Waals surface area (Å²) in [6, 6.07) is 12.0. The van der Waals surface area contributed by atoms with Crippen molar-refractivity contribution < 1.29 is 19.6 Å². The smallest absolute Gasteiger partial charge is 0.280 e. The van der Waals surface area contributed by atoms with Crippen molar-refractivity contribution in [2.75, 3.05) is 4.90 Å². The highest BCUT2D eigenvalue weighted by atomic mass is 16.6. The average molecular weight is 354 g/mol. The van der Waals surface area contributed by atoms with Crippen LogP contribution in [-0.4, -0.2) is 27.8 Å². The van der Waals surface area contributed by atoms with Gasteiger partial charge in [0.1, 0.15) is 0 Å². The van der Waals surface area contributed by atoms with Crippen LogP contribution in [0.1, 0.15) is 36.2 Å². The topological polar surface area (TPSA) is 101 Å². The number of carbonyl (C=O) groups excluding carboxylic acids is 2. The number of carbonyl (C=O) groups is 2. The Bertz CT molecular complexity index is 908. The molecule has 0 saturated carbocycles. The van der Waals surface area contributed by atoms with E-state index in [0.717, 1.165) is 0 Å². The molecule has 0 saturated heterocycles. The summed E-state index contributed by atoms with van der Waals surface area (Å²) in [5.41, 5.74) is -1.63. The molecule has 0 bridgehead atoms. The molecule has 0 aliphatic carbocycles. The number of amides is 1. The van der Waals surface area contributed by atoms with Crippen LogP contribution in [0.2, 0.25) is 0 Å². The second-order valence-corrected chi connectivity index (χ2v) is 6.52. The van der Waals surface area contributed by atoms with Gasteiger partial charge in [-0.1, -0.05) is 30.3 Å². The molecule has 0 aromatic heterocycles. The molecule has 0 spiro atoms. The lowest BCUT2D eigenvalue weighted by Crippen LogP contribution is -2.44. The van der Waals surface area contributed by atoms with Crippen molar-refractivity contribution in [2.45, 2.75) is 31.9 Å². The Kier molecular flexibility index (Phi) is 4.33. The molecule has 1 atom stereocenters. The minimum absolute atomic E-state index is 0.126. The van der Waals surface area contributed by atoms with Crippen LogP contribution in [0.15, 0.2) is 48.5 Å². The van der Waals surface area contributed by atoms with Crippen molar-refractivity contribution in [2.24, 2.45) is 0 Å². The number of anilines is 1. The van der Waals surface area contributed by atoms with Gasteiger partial charge in [0.2, 0.25) is 0 Å². The number of nitro groups is 1. The molecule has 1 aliphatic heterocycles. The molecule has 1 heterocycles. The van der Waals surface area contributed by atoms with E-state index >= 15 is 0 Å². The standard InChI is InChI=1S/C19H18N2O5/c1-12(2)20-16-10-6-4-8-14(16)19(24,18(20)23)11-17(22)13-7-3-5-9-15(13)21(25)26/h3-10,12,24H,11H2,1-2H3/t19-/m0/s1. The van der Waals surface area contributed by atoms with Gasteiger partial charge >= 0.3 is 0 Å². The SMILES string of the molecule is CC(C)N1C(=O)[C@](O)(CC(=O)c2ccccc2[N+](=O)[O-])c2ccccc21. The molecule has 26 heavy (non-hydrogen) atoms. The maximum Gasteiger partial charge on any atom is 0.280 e. The maximum atomic E-state index is 12.9. The van der Waals surface area contributed by atoms with Gasteiger partial charge in [0, 0.05) is 17.7 Å². The predicted octanol–water partition coefficient (Wildman–Crippen LogP) is 2.81. The first-order valence-corrected chi connectivity index (χ1v) is 8.19. The molecule has 0 fully saturated rings. The first-order valence-electron chi connectivity index (χ1n) is 8.19. The number of benzene rings is 2. The summed E-state index contributed by atoms with van der Waals surface area (Å²) in [7, 11) is 0. The molecule has 1 N–H and O–H groups in total. The first kappa shape index (κ1) is 17.8. The van der Waals surface area contributed by atoms with E-state index in [2.05, 4.69) is 0 Å². The third kappa shape index (κ3) is 2.66. The van der Waals surface area contributed by atoms with Gasteiger partial charge < -0.3 is 10.0 Å². The molecule has 0 radical (unpaired) electrons. The summed E-state index contributed by atoms with van der Waals surface area (Å²) in [6.07, 6.45) is -0.559. The van der Waals surface area contributed by atoms with Crippen molar-refractivity contribution in [1.29, 1.82) is 0 Å². The van der Waals surface area contributed by atoms with Crippen LogP contribution in [0.5, 0.6) is 0 Å². The van der Waals surface area contributed by atoms with Gasteiger partial charge in [0.25, 0.3) is 11.6 Å². The van der Waals surface area contributed by atoms with Gasteiger partial charge in [-0.2, -0.15) is 0 Å². The maximum absolute atomic E-state index is 12.9. The Morgan fingerprint density at radius 1 is 1.19 bits per heavy atom. The zero-order valence-electron chi connectivity index (χ0n) is 14.4. The number of hydrogen-bond donors (Lipinski definition) is 1. The summed E-state index contributed by atoms with van der Waals surface area (Å²) in [5, 5.41) is 22.3. The average Bonchev–Trinajstić information content (AvgIpc) is 2.83. The van der Waals surface area contributed by atoms with Crippen LogP contribution in [0.3, 0.4) is 0 Å². The Hall–Kier alpha value is -3.06. The normalized spacial score (nSPS) is 18.9. The van der Waals surface area contributed by atoms with E-state index in [0.29, 0.717) is 11.3 Å². The van der Waals surface area contributed by atoms with Crippen molar-refractivity contribution in [3.63, 3.8) is 0 Å². The molecule has 134 valence electrons. The quantitative estimate of drug-likeness (QED) is 0.505. The Balaban J connectivity index is 2.03. The minimum atomic E-state index is -2.04. The number of rotatable bonds is 5. The lowest BCUT2D eigenvalue weighted by Gasteiger charge is -2.25. The highest BCUT2D eigenvalue weighted by molar-refractivity contribution is 6.11. The van der Waals surface area contributed by atoms with Gasteiger partial charge in [-0.25, -0.2) is 0 Å². The highest BCUT2D eigenvalue weighted by Gasteiger charge is 2.51. The predicted molar refractivity (Wildman–Crippen MR) is 95.0 cm³/mol. The zero-order valence-corrected chi connectivity index (χ0v) is 14.4. The van der Waals surface area contributed by atoms with Crippen LogP contribution in [0.4, 0.5) is 11.4 Å². The Morgan fingerprint density at radius 3 is 2.46 bits per heavy atom. The molecule has 3 rings (SSSR count). The van der Waals surface area contributed by atoms with Crippen LogP contribution in [0, 0.1) is 10.1 Å². The molecule has 2 aromatic rings. The van der Waals surface area contributed by atoms with E-state index in [1.807, 2.05) is 13.8 Å². The molecular formula is C19H18N2O5. The number of para-hydroxylation sites is 2. The molecule has 7 nitrogen and oxygen atoms in total. The van der Waals surface area contributed by atoms with Crippen molar-refractivity contribution in [1.82, 2.24) is 0 Å². The van der Waals surface area contributed by atoms with E-state index in [1.165, 1.54) is 29.2 Å². The monoisotopic (exact) mass is 354 g/mol. The zero-order chi connectivity index (χ0) is 19.1. The van der Waals surface area contributed by atoms with Gasteiger partial charge in [-0.3, -0.25) is 19.7 Å². The largest absolute Gasteiger partial charge is 0.375 e. The van der Waals surface area contributed by atoms with Crippen LogP contribution >= 0.6 is 0 Å². The fourth-order valence-corrected chi connectivity index (χ4v) is 3.34. The highest BCUT2D eigenvalue weighted by Crippen LogP contribution is 2.44. The molecule has 1 aliphatic rings. The van der Waals surface area contributed by atoms with Crippen LogP contribution in [-0.2, 0) is 10.4 Å². The third-order valence-corrected chi connectivity index (χ3v) is 4.52. The van der Waals surface area contributed by atoms with E-state index < -0.39 is 28.6 Å². The molecule has 0 unspecified atom stereocenters. The summed E-state index contributed by atoms with van der Waals surface area (Å²) in [6.45, 7) is 3.62. The van der Waals surface area contributed by atoms with Crippen LogP contribution in [0.25, 0.3) is 0 Å². The van der Waals surface area contributed by atoms with E-state index in [9.17, 15) is 24.8 Å². The summed E-state index contributed by atoms with van der Waals surface area (Å²) >= 11 is 0. The van der Waals surface area contributed by atoms with Gasteiger partial charge in [-0.05, 0) is 26.0 Å². The van der Waals surface area contributed by atoms with Gasteiger partial charge in [0.15, 0.2) is 11.4 Å². The van der Waals surface area contributed by atoms with Gasteiger partial charge in [0.05, 0.1) is 22.6 Å². The van der Waals surface area contributed by atoms with Crippen molar-refractivity contribution in [3.05, 3.63) is 69.8 Å². The fraction of sp³-hybridized carbons (Fsp3) is 0.263. The minimum Gasteiger partial charge on any atom is -0.375 e. The lowest BCUT2D eigenvalue weighted by molar-refractivity contribution is -0.385. The van der Waals surface area contributed by atoms with E-state index in [-0.39, 0.29) is 17.3 Å². The molecule has 2 aromatic carbocycles. The Labute approximate surface area is 150 Å². The molecule has 1 amide bonds. The van der Waals surface area contributed by atoms with Gasteiger partial charge in [-0.15, -0.1) is 0 Å². The fourth-order valence-electron chi connectivity index (χ4n) is 3.34. The first-order chi connectivity index (χ1) is 12.3. The summed E-state index contributed by atoms with van der Waals surface area (Å²) in [5.74, 6) is -1.26. The van der Waals surface area contributed by atoms with E-state index in [1.54, 1.807) is 24.3 Å². The van der Waals surface area contributed by atoms with Crippen molar-refractivity contribution >= 4 is 23.1 Å². The van der Waals surface area contributed by atoms with E-state index in [4.69, 9.17) is 0 Å². The number of Topliss-reactive ketones (excluding diaryl/α,β-unsaturated/α-hetero) is 1. The number of fused-ring (bicyclic) bond motifs is 1. The number of ketones is 1. The van der Waals surface area contributed by atoms with Crippen molar-refractivity contribution in [3.8, 4) is 0 Å². The summed E-state index contributed by atoms with van der Waals surface area (Å²) < 4.78 is 0.